The largest absolute Gasteiger partial charge is 0.508 e. The number of nitrogens with zero attached hydrogens (tertiary/aromatic N) is 1. The monoisotopic (exact) mass is 266 g/mol. The highest BCUT2D eigenvalue weighted by Crippen LogP contribution is 2.21. The summed E-state index contributed by atoms with van der Waals surface area (Å²) in [5.74, 6) is -1.37. The second-order valence-electron chi connectivity index (χ2n) is 4.33. The lowest BCUT2D eigenvalue weighted by Crippen LogP contribution is -2.38. The van der Waals surface area contributed by atoms with Gasteiger partial charge < -0.3 is 20.4 Å². The van der Waals surface area contributed by atoms with E-state index in [4.69, 9.17) is 5.11 Å². The third-order valence-electron chi connectivity index (χ3n) is 3.05. The van der Waals surface area contributed by atoms with Crippen LogP contribution in [0.4, 0.5) is 10.5 Å². The molecule has 0 saturated carbocycles. The van der Waals surface area contributed by atoms with Gasteiger partial charge in [-0.15, -0.1) is 0 Å². The summed E-state index contributed by atoms with van der Waals surface area (Å²) in [6, 6.07) is 3.45. The van der Waals surface area contributed by atoms with Gasteiger partial charge in [-0.05, 0) is 31.5 Å². The fraction of sp³-hybridized carbons (Fsp3) is 0.385. The van der Waals surface area contributed by atoms with Gasteiger partial charge in [0.15, 0.2) is 0 Å². The average molecular weight is 266 g/mol. The predicted molar refractivity (Wildman–Crippen MR) is 71.6 cm³/mol. The van der Waals surface area contributed by atoms with Crippen molar-refractivity contribution in [3.05, 3.63) is 23.8 Å². The van der Waals surface area contributed by atoms with Crippen LogP contribution in [0, 0.1) is 0 Å². The first-order chi connectivity index (χ1) is 8.86. The van der Waals surface area contributed by atoms with E-state index in [0.717, 1.165) is 12.5 Å². The number of amides is 2. The SMILES string of the molecule is CCC(C)N(C)C(=O)Nc1ccc(O)cc1C(=O)O. The highest BCUT2D eigenvalue weighted by Gasteiger charge is 2.17. The molecular formula is C13H18N2O4. The number of carboxylic acids is 1. The predicted octanol–water partition coefficient (Wildman–Crippen LogP) is 2.35. The summed E-state index contributed by atoms with van der Waals surface area (Å²) in [7, 11) is 1.64. The topological polar surface area (TPSA) is 89.9 Å². The van der Waals surface area contributed by atoms with E-state index in [0.29, 0.717) is 0 Å². The Morgan fingerprint density at radius 1 is 1.42 bits per heavy atom. The van der Waals surface area contributed by atoms with Crippen molar-refractivity contribution in [3.8, 4) is 5.75 Å². The maximum Gasteiger partial charge on any atom is 0.337 e. The number of carbonyl (C=O) groups excluding carboxylic acids is 1. The number of hydrogen-bond acceptors (Lipinski definition) is 3. The van der Waals surface area contributed by atoms with Crippen molar-refractivity contribution >= 4 is 17.7 Å². The van der Waals surface area contributed by atoms with Gasteiger partial charge in [-0.25, -0.2) is 9.59 Å². The molecule has 0 aliphatic rings. The quantitative estimate of drug-likeness (QED) is 0.730. The molecule has 0 radical (unpaired) electrons. The Balaban J connectivity index is 2.94. The number of carbonyl (C=O) groups is 2. The number of rotatable bonds is 4. The first-order valence-corrected chi connectivity index (χ1v) is 5.97. The first kappa shape index (κ1) is 14.8. The van der Waals surface area contributed by atoms with E-state index in [1.165, 1.54) is 17.0 Å². The number of anilines is 1. The van der Waals surface area contributed by atoms with Crippen LogP contribution in [0.1, 0.15) is 30.6 Å². The molecule has 104 valence electrons. The number of urea groups is 1. The zero-order valence-electron chi connectivity index (χ0n) is 11.2. The Morgan fingerprint density at radius 2 is 2.05 bits per heavy atom. The minimum Gasteiger partial charge on any atom is -0.508 e. The van der Waals surface area contributed by atoms with E-state index in [-0.39, 0.29) is 29.1 Å². The molecule has 0 bridgehead atoms. The fourth-order valence-corrected chi connectivity index (χ4v) is 1.50. The number of aromatic hydroxyl groups is 1. The van der Waals surface area contributed by atoms with Gasteiger partial charge in [0.1, 0.15) is 5.75 Å². The van der Waals surface area contributed by atoms with Crippen LogP contribution < -0.4 is 5.32 Å². The van der Waals surface area contributed by atoms with Crippen molar-refractivity contribution < 1.29 is 19.8 Å². The molecule has 2 amide bonds. The van der Waals surface area contributed by atoms with Gasteiger partial charge in [0.25, 0.3) is 0 Å². The van der Waals surface area contributed by atoms with Crippen LogP contribution in [0.25, 0.3) is 0 Å². The molecule has 0 aliphatic heterocycles. The molecule has 0 heterocycles. The summed E-state index contributed by atoms with van der Waals surface area (Å²) in [5, 5.41) is 20.8. The molecule has 1 unspecified atom stereocenters. The van der Waals surface area contributed by atoms with Gasteiger partial charge in [-0.1, -0.05) is 6.92 Å². The number of phenolic OH excluding ortho intramolecular Hbond substituents is 1. The molecule has 1 atom stereocenters. The van der Waals surface area contributed by atoms with Crippen LogP contribution in [-0.2, 0) is 0 Å². The van der Waals surface area contributed by atoms with E-state index in [1.54, 1.807) is 7.05 Å². The molecule has 0 aromatic heterocycles. The van der Waals surface area contributed by atoms with Gasteiger partial charge in [-0.3, -0.25) is 0 Å². The van der Waals surface area contributed by atoms with Crippen LogP contribution in [0.2, 0.25) is 0 Å². The van der Waals surface area contributed by atoms with Gasteiger partial charge in [0.05, 0.1) is 11.3 Å². The minimum atomic E-state index is -1.21. The number of carboxylic acid groups (broad SMARTS) is 1. The highest BCUT2D eigenvalue weighted by molar-refractivity contribution is 6.00. The van der Waals surface area contributed by atoms with E-state index in [2.05, 4.69) is 5.32 Å². The molecule has 1 rings (SSSR count). The molecule has 3 N–H and O–H groups in total. The zero-order chi connectivity index (χ0) is 14.6. The molecule has 0 aliphatic carbocycles. The minimum absolute atomic E-state index is 0.0467. The van der Waals surface area contributed by atoms with Crippen molar-refractivity contribution in [2.45, 2.75) is 26.3 Å². The third-order valence-corrected chi connectivity index (χ3v) is 3.05. The third kappa shape index (κ3) is 3.61. The van der Waals surface area contributed by atoms with Crippen molar-refractivity contribution in [1.82, 2.24) is 4.90 Å². The summed E-state index contributed by atoms with van der Waals surface area (Å²) in [5.41, 5.74) is 0.0105. The lowest BCUT2D eigenvalue weighted by Gasteiger charge is -2.24. The molecule has 19 heavy (non-hydrogen) atoms. The van der Waals surface area contributed by atoms with Crippen molar-refractivity contribution in [1.29, 1.82) is 0 Å². The van der Waals surface area contributed by atoms with Crippen LogP contribution in [0.5, 0.6) is 5.75 Å². The standard InChI is InChI=1S/C13H18N2O4/c1-4-8(2)15(3)13(19)14-11-6-5-9(16)7-10(11)12(17)18/h5-8,16H,4H2,1-3H3,(H,14,19)(H,17,18). The zero-order valence-corrected chi connectivity index (χ0v) is 11.2. The van der Waals surface area contributed by atoms with Crippen molar-refractivity contribution in [2.24, 2.45) is 0 Å². The molecule has 6 nitrogen and oxygen atoms in total. The lowest BCUT2D eigenvalue weighted by molar-refractivity contribution is 0.0697. The van der Waals surface area contributed by atoms with E-state index in [9.17, 15) is 14.7 Å². The molecule has 0 fully saturated rings. The molecule has 6 heteroatoms. The molecule has 0 spiro atoms. The van der Waals surface area contributed by atoms with E-state index >= 15 is 0 Å². The van der Waals surface area contributed by atoms with Gasteiger partial charge in [-0.2, -0.15) is 0 Å². The normalized spacial score (nSPS) is 11.7. The van der Waals surface area contributed by atoms with Crippen LogP contribution in [0.15, 0.2) is 18.2 Å². The first-order valence-electron chi connectivity index (χ1n) is 5.97. The maximum atomic E-state index is 11.9. The lowest BCUT2D eigenvalue weighted by atomic mass is 10.1. The van der Waals surface area contributed by atoms with Gasteiger partial charge in [0, 0.05) is 13.1 Å². The fourth-order valence-electron chi connectivity index (χ4n) is 1.50. The molecule has 1 aromatic rings. The summed E-state index contributed by atoms with van der Waals surface area (Å²) in [4.78, 5) is 24.5. The number of phenols is 1. The van der Waals surface area contributed by atoms with Crippen LogP contribution in [-0.4, -0.2) is 40.2 Å². The van der Waals surface area contributed by atoms with Gasteiger partial charge >= 0.3 is 12.0 Å². The number of aromatic carboxylic acids is 1. The summed E-state index contributed by atoms with van der Waals surface area (Å²) in [6.45, 7) is 3.85. The molecule has 0 saturated heterocycles. The Labute approximate surface area is 111 Å². The second-order valence-corrected chi connectivity index (χ2v) is 4.33. The van der Waals surface area contributed by atoms with E-state index in [1.807, 2.05) is 13.8 Å². The molecule has 1 aromatic carbocycles. The Hall–Kier alpha value is -2.24. The van der Waals surface area contributed by atoms with Crippen LogP contribution in [0.3, 0.4) is 0 Å². The summed E-state index contributed by atoms with van der Waals surface area (Å²) >= 11 is 0. The van der Waals surface area contributed by atoms with Gasteiger partial charge in [0.2, 0.25) is 0 Å². The Bertz CT molecular complexity index is 488. The second kappa shape index (κ2) is 6.08. The highest BCUT2D eigenvalue weighted by atomic mass is 16.4. The number of benzene rings is 1. The Morgan fingerprint density at radius 3 is 2.58 bits per heavy atom. The Kier molecular flexibility index (Phi) is 4.74. The average Bonchev–Trinajstić information content (AvgIpc) is 2.38. The van der Waals surface area contributed by atoms with Crippen molar-refractivity contribution in [3.63, 3.8) is 0 Å². The smallest absolute Gasteiger partial charge is 0.337 e. The number of hydrogen-bond donors (Lipinski definition) is 3. The van der Waals surface area contributed by atoms with Crippen molar-refractivity contribution in [2.75, 3.05) is 12.4 Å². The molecular weight excluding hydrogens is 248 g/mol. The summed E-state index contributed by atoms with van der Waals surface area (Å²) in [6.07, 6.45) is 0.797. The number of nitrogens with one attached hydrogen (secondary N) is 1. The maximum absolute atomic E-state index is 11.9. The summed E-state index contributed by atoms with van der Waals surface area (Å²) < 4.78 is 0. The van der Waals surface area contributed by atoms with E-state index < -0.39 is 5.97 Å². The van der Waals surface area contributed by atoms with Crippen LogP contribution >= 0.6 is 0 Å².